The zero-order valence-corrected chi connectivity index (χ0v) is 24.5. The van der Waals surface area contributed by atoms with Gasteiger partial charge in [-0.15, -0.1) is 0 Å². The zero-order chi connectivity index (χ0) is 32.3. The van der Waals surface area contributed by atoms with Crippen LogP contribution in [0.1, 0.15) is 5.56 Å². The summed E-state index contributed by atoms with van der Waals surface area (Å²) in [5.74, 6) is -0.864. The van der Waals surface area contributed by atoms with Crippen LogP contribution in [0.3, 0.4) is 0 Å². The van der Waals surface area contributed by atoms with E-state index in [1.54, 1.807) is 19.3 Å². The van der Waals surface area contributed by atoms with Gasteiger partial charge in [-0.05, 0) is 23.8 Å². The number of carboxylic acids is 1. The number of fused-ring (bicyclic) bond motifs is 1. The van der Waals surface area contributed by atoms with Gasteiger partial charge in [0, 0.05) is 47.5 Å². The van der Waals surface area contributed by atoms with Crippen LogP contribution in [0.15, 0.2) is 36.8 Å². The molecule has 238 valence electrons. The average Bonchev–Trinajstić information content (AvgIpc) is 3.43. The topological polar surface area (TPSA) is 226 Å². The lowest BCUT2D eigenvalue weighted by atomic mass is 9.99. The second-order valence-electron chi connectivity index (χ2n) is 10.4. The van der Waals surface area contributed by atoms with Crippen molar-refractivity contribution in [3.05, 3.63) is 42.4 Å². The second-order valence-corrected chi connectivity index (χ2v) is 10.4. The van der Waals surface area contributed by atoms with Gasteiger partial charge in [0.25, 0.3) is 0 Å². The van der Waals surface area contributed by atoms with Gasteiger partial charge in [0.15, 0.2) is 11.8 Å². The van der Waals surface area contributed by atoms with Crippen LogP contribution in [0.4, 0.5) is 21.1 Å². The van der Waals surface area contributed by atoms with Crippen LogP contribution in [-0.4, -0.2) is 135 Å². The SMILES string of the molecule is CN(CCN(C)C(=O)n1ccc2c(N(C)C)ncnc21)C(=O)OCc1ccc(O[C@@H]2O[C@H](C(=O)O)[C@@H](O)[C@H](O)[C@H]2O)c(N)c1. The minimum atomic E-state index is -1.86. The number of amides is 2. The van der Waals surface area contributed by atoms with E-state index in [1.165, 1.54) is 45.9 Å². The second kappa shape index (κ2) is 13.3. The molecule has 2 aromatic heterocycles. The van der Waals surface area contributed by atoms with E-state index in [2.05, 4.69) is 9.97 Å². The lowest BCUT2D eigenvalue weighted by molar-refractivity contribution is -0.271. The average molecular weight is 618 g/mol. The summed E-state index contributed by atoms with van der Waals surface area (Å²) in [4.78, 5) is 50.0. The molecule has 5 atom stereocenters. The molecule has 3 aromatic rings. The van der Waals surface area contributed by atoms with Gasteiger partial charge in [0.1, 0.15) is 42.8 Å². The van der Waals surface area contributed by atoms with Crippen LogP contribution in [0.25, 0.3) is 11.0 Å². The van der Waals surface area contributed by atoms with E-state index in [0.29, 0.717) is 17.0 Å². The normalized spacial score (nSPS) is 21.5. The third kappa shape index (κ3) is 6.75. The number of carbonyl (C=O) groups is 3. The van der Waals surface area contributed by atoms with Crippen molar-refractivity contribution in [3.8, 4) is 5.75 Å². The predicted molar refractivity (Wildman–Crippen MR) is 154 cm³/mol. The number of rotatable bonds is 9. The highest BCUT2D eigenvalue weighted by Crippen LogP contribution is 2.29. The molecule has 1 aromatic carbocycles. The van der Waals surface area contributed by atoms with E-state index in [-0.39, 0.29) is 37.2 Å². The molecular weight excluding hydrogens is 582 g/mol. The van der Waals surface area contributed by atoms with Crippen molar-refractivity contribution in [2.45, 2.75) is 37.3 Å². The Morgan fingerprint density at radius 3 is 2.36 bits per heavy atom. The fourth-order valence-corrected chi connectivity index (χ4v) is 4.44. The number of nitrogen functional groups attached to an aromatic ring is 1. The molecule has 0 aliphatic carbocycles. The molecular formula is C27H35N7O10. The molecule has 0 saturated carbocycles. The van der Waals surface area contributed by atoms with Crippen molar-refractivity contribution < 1.29 is 49.0 Å². The summed E-state index contributed by atoms with van der Waals surface area (Å²) in [7, 11) is 6.83. The number of nitrogens with zero attached hydrogens (tertiary/aromatic N) is 6. The van der Waals surface area contributed by atoms with Crippen LogP contribution in [-0.2, 0) is 20.9 Å². The smallest absolute Gasteiger partial charge is 0.409 e. The first-order valence-corrected chi connectivity index (χ1v) is 13.4. The number of benzene rings is 1. The predicted octanol–water partition coefficient (Wildman–Crippen LogP) is -0.481. The van der Waals surface area contributed by atoms with Gasteiger partial charge in [0.2, 0.25) is 6.29 Å². The molecule has 0 radical (unpaired) electrons. The Bertz CT molecular complexity index is 1520. The number of anilines is 2. The number of carbonyl (C=O) groups excluding carboxylic acids is 2. The van der Waals surface area contributed by atoms with Crippen molar-refractivity contribution in [2.75, 3.05) is 51.9 Å². The minimum absolute atomic E-state index is 0.00143. The first-order chi connectivity index (χ1) is 20.8. The van der Waals surface area contributed by atoms with Crippen LogP contribution in [0.2, 0.25) is 0 Å². The Morgan fingerprint density at radius 2 is 1.70 bits per heavy atom. The number of aliphatic hydroxyl groups excluding tert-OH is 3. The number of carboxylic acid groups (broad SMARTS) is 1. The van der Waals surface area contributed by atoms with Gasteiger partial charge in [0.05, 0.1) is 11.1 Å². The van der Waals surface area contributed by atoms with Gasteiger partial charge in [-0.1, -0.05) is 6.07 Å². The maximum absolute atomic E-state index is 13.1. The van der Waals surface area contributed by atoms with E-state index in [1.807, 2.05) is 19.0 Å². The first kappa shape index (κ1) is 32.2. The van der Waals surface area contributed by atoms with Crippen LogP contribution in [0, 0.1) is 0 Å². The van der Waals surface area contributed by atoms with Gasteiger partial charge in [-0.2, -0.15) is 0 Å². The lowest BCUT2D eigenvalue weighted by Crippen LogP contribution is -2.61. The maximum atomic E-state index is 13.1. The number of aromatic nitrogens is 3. The molecule has 0 spiro atoms. The van der Waals surface area contributed by atoms with E-state index in [9.17, 15) is 34.8 Å². The van der Waals surface area contributed by atoms with E-state index >= 15 is 0 Å². The van der Waals surface area contributed by atoms with Crippen LogP contribution < -0.4 is 15.4 Å². The largest absolute Gasteiger partial charge is 0.479 e. The number of likely N-dealkylation sites (N-methyl/N-ethyl adjacent to an activating group) is 2. The van der Waals surface area contributed by atoms with Crippen molar-refractivity contribution in [2.24, 2.45) is 0 Å². The van der Waals surface area contributed by atoms with Crippen molar-refractivity contribution in [1.29, 1.82) is 0 Å². The summed E-state index contributed by atoms with van der Waals surface area (Å²) in [5.41, 5.74) is 7.03. The number of nitrogens with two attached hydrogens (primary N) is 1. The van der Waals surface area contributed by atoms with Gasteiger partial charge < -0.3 is 55.1 Å². The zero-order valence-electron chi connectivity index (χ0n) is 24.5. The molecule has 0 unspecified atom stereocenters. The maximum Gasteiger partial charge on any atom is 0.409 e. The molecule has 17 nitrogen and oxygen atoms in total. The molecule has 4 rings (SSSR count). The fourth-order valence-electron chi connectivity index (χ4n) is 4.44. The molecule has 6 N–H and O–H groups in total. The third-order valence-corrected chi connectivity index (χ3v) is 6.99. The van der Waals surface area contributed by atoms with Crippen LogP contribution in [0.5, 0.6) is 5.75 Å². The van der Waals surface area contributed by atoms with E-state index < -0.39 is 42.8 Å². The molecule has 1 fully saturated rings. The number of aliphatic hydroxyl groups is 3. The number of hydrogen-bond donors (Lipinski definition) is 5. The Labute approximate surface area is 251 Å². The van der Waals surface area contributed by atoms with E-state index in [0.717, 1.165) is 5.39 Å². The Hall–Kier alpha value is -4.71. The summed E-state index contributed by atoms with van der Waals surface area (Å²) in [6.07, 6.45) is -6.53. The standard InChI is InChI=1S/C27H35N7O10/c1-31(2)22-15-7-8-34(23(15)30-13-29-22)26(40)32(3)9-10-33(4)27(41)42-12-14-5-6-17(16(28)11-14)43-25-20(37)18(35)19(36)21(44-25)24(38)39/h5-8,11,13,18-21,25,35-37H,9-10,12,28H2,1-4H3,(H,38,39)/t18-,19-,20+,21-,25+/m0/s1. The number of ether oxygens (including phenoxy) is 3. The molecule has 1 aliphatic rings. The van der Waals surface area contributed by atoms with Gasteiger partial charge >= 0.3 is 18.1 Å². The van der Waals surface area contributed by atoms with Crippen molar-refractivity contribution in [3.63, 3.8) is 0 Å². The summed E-state index contributed by atoms with van der Waals surface area (Å²) in [5, 5.41) is 39.8. The Kier molecular flexibility index (Phi) is 9.73. The summed E-state index contributed by atoms with van der Waals surface area (Å²) >= 11 is 0. The Morgan fingerprint density at radius 1 is 1.00 bits per heavy atom. The highest BCUT2D eigenvalue weighted by molar-refractivity contribution is 5.94. The number of aliphatic carboxylic acids is 1. The molecule has 17 heteroatoms. The van der Waals surface area contributed by atoms with E-state index in [4.69, 9.17) is 19.9 Å². The highest BCUT2D eigenvalue weighted by Gasteiger charge is 2.48. The fraction of sp³-hybridized carbons (Fsp3) is 0.444. The molecule has 44 heavy (non-hydrogen) atoms. The monoisotopic (exact) mass is 617 g/mol. The third-order valence-electron chi connectivity index (χ3n) is 6.99. The quantitative estimate of drug-likeness (QED) is 0.191. The lowest BCUT2D eigenvalue weighted by Gasteiger charge is -2.38. The molecule has 1 saturated heterocycles. The molecule has 1 aliphatic heterocycles. The molecule has 0 bridgehead atoms. The number of hydrogen-bond acceptors (Lipinski definition) is 13. The summed E-state index contributed by atoms with van der Waals surface area (Å²) in [6, 6.07) is 5.79. The van der Waals surface area contributed by atoms with Gasteiger partial charge in [-0.3, -0.25) is 4.57 Å². The van der Waals surface area contributed by atoms with Crippen LogP contribution >= 0.6 is 0 Å². The Balaban J connectivity index is 1.28. The van der Waals surface area contributed by atoms with Crippen molar-refractivity contribution >= 4 is 40.6 Å². The molecule has 2 amide bonds. The summed E-state index contributed by atoms with van der Waals surface area (Å²) < 4.78 is 17.3. The first-order valence-electron chi connectivity index (χ1n) is 13.4. The highest BCUT2D eigenvalue weighted by atomic mass is 16.7. The van der Waals surface area contributed by atoms with Gasteiger partial charge in [-0.25, -0.2) is 24.4 Å². The molecule has 3 heterocycles. The minimum Gasteiger partial charge on any atom is -0.479 e. The van der Waals surface area contributed by atoms with Crippen molar-refractivity contribution in [1.82, 2.24) is 24.3 Å². The summed E-state index contributed by atoms with van der Waals surface area (Å²) in [6.45, 7) is 0.229.